The molecule has 0 bridgehead atoms. The fourth-order valence-corrected chi connectivity index (χ4v) is 2.78. The summed E-state index contributed by atoms with van der Waals surface area (Å²) in [5.74, 6) is 0.190. The molecule has 1 N–H and O–H groups in total. The van der Waals surface area contributed by atoms with Crippen LogP contribution < -0.4 is 0 Å². The molecule has 6 nitrogen and oxygen atoms in total. The Morgan fingerprint density at radius 1 is 0.958 bits per heavy atom. The van der Waals surface area contributed by atoms with Crippen LogP contribution in [0.2, 0.25) is 0 Å². The Morgan fingerprint density at radius 3 is 2.50 bits per heavy atom. The molecule has 6 heteroatoms. The summed E-state index contributed by atoms with van der Waals surface area (Å²) in [6, 6.07) is 14.4. The van der Waals surface area contributed by atoms with Crippen molar-refractivity contribution in [1.82, 2.24) is 20.0 Å². The second kappa shape index (κ2) is 5.58. The number of phenols is 1. The third kappa shape index (κ3) is 2.13. The third-order valence-corrected chi connectivity index (χ3v) is 3.87. The van der Waals surface area contributed by atoms with E-state index in [0.717, 1.165) is 16.6 Å². The molecule has 0 aliphatic rings. The number of carbonyl (C=O) groups is 1. The zero-order valence-corrected chi connectivity index (χ0v) is 12.5. The van der Waals surface area contributed by atoms with Crippen molar-refractivity contribution in [2.24, 2.45) is 0 Å². The first-order valence-electron chi connectivity index (χ1n) is 7.32. The van der Waals surface area contributed by atoms with Gasteiger partial charge in [0, 0.05) is 28.7 Å². The van der Waals surface area contributed by atoms with Gasteiger partial charge in [0.05, 0.1) is 5.69 Å². The van der Waals surface area contributed by atoms with E-state index in [1.54, 1.807) is 41.3 Å². The predicted molar refractivity (Wildman–Crippen MR) is 89.1 cm³/mol. The number of aromatic nitrogens is 4. The predicted octanol–water partition coefficient (Wildman–Crippen LogP) is 3.00. The Labute approximate surface area is 137 Å². The number of phenolic OH excluding ortho intramolecular Hbond substituents is 1. The number of hydrogen-bond acceptors (Lipinski definition) is 5. The third-order valence-electron chi connectivity index (χ3n) is 3.87. The Kier molecular flexibility index (Phi) is 3.28. The van der Waals surface area contributed by atoms with E-state index >= 15 is 0 Å². The second-order valence-electron chi connectivity index (χ2n) is 5.24. The smallest absolute Gasteiger partial charge is 0.172 e. The highest BCUT2D eigenvalue weighted by molar-refractivity contribution is 5.95. The van der Waals surface area contributed by atoms with E-state index in [4.69, 9.17) is 0 Å². The lowest BCUT2D eigenvalue weighted by atomic mass is 10.1. The van der Waals surface area contributed by atoms with Crippen LogP contribution in [0.4, 0.5) is 0 Å². The van der Waals surface area contributed by atoms with E-state index in [-0.39, 0.29) is 11.4 Å². The van der Waals surface area contributed by atoms with Crippen molar-refractivity contribution < 1.29 is 9.90 Å². The van der Waals surface area contributed by atoms with Crippen molar-refractivity contribution in [3.05, 3.63) is 66.6 Å². The van der Waals surface area contributed by atoms with Crippen LogP contribution >= 0.6 is 0 Å². The molecule has 2 aromatic heterocycles. The molecular weight excluding hydrogens is 304 g/mol. The normalized spacial score (nSPS) is 10.8. The minimum atomic E-state index is 0.190. The maximum Gasteiger partial charge on any atom is 0.172 e. The van der Waals surface area contributed by atoms with Crippen molar-refractivity contribution in [3.63, 3.8) is 0 Å². The molecule has 0 amide bonds. The number of carbonyl (C=O) groups excluding carboxylic acids is 1. The quantitative estimate of drug-likeness (QED) is 0.588. The Bertz CT molecular complexity index is 1040. The van der Waals surface area contributed by atoms with Crippen molar-refractivity contribution in [3.8, 4) is 22.7 Å². The first-order chi connectivity index (χ1) is 11.8. The Balaban J connectivity index is 2.04. The van der Waals surface area contributed by atoms with Crippen LogP contribution in [0.1, 0.15) is 10.5 Å². The van der Waals surface area contributed by atoms with E-state index in [2.05, 4.69) is 15.3 Å². The van der Waals surface area contributed by atoms with Gasteiger partial charge in [0.2, 0.25) is 0 Å². The molecule has 0 aliphatic carbocycles. The highest BCUT2D eigenvalue weighted by atomic mass is 16.3. The molecule has 116 valence electrons. The van der Waals surface area contributed by atoms with Gasteiger partial charge in [-0.25, -0.2) is 4.68 Å². The number of hydrogen-bond donors (Lipinski definition) is 1. The highest BCUT2D eigenvalue weighted by Crippen LogP contribution is 2.31. The van der Waals surface area contributed by atoms with Gasteiger partial charge in [-0.05, 0) is 24.3 Å². The average Bonchev–Trinajstić information content (AvgIpc) is 3.06. The topological polar surface area (TPSA) is 80.9 Å². The largest absolute Gasteiger partial charge is 0.507 e. The van der Waals surface area contributed by atoms with Gasteiger partial charge in [-0.3, -0.25) is 9.78 Å². The van der Waals surface area contributed by atoms with Crippen LogP contribution in [0.5, 0.6) is 5.75 Å². The van der Waals surface area contributed by atoms with Crippen LogP contribution in [0.3, 0.4) is 0 Å². The average molecular weight is 316 g/mol. The van der Waals surface area contributed by atoms with Crippen LogP contribution in [0.25, 0.3) is 27.7 Å². The lowest BCUT2D eigenvalue weighted by Gasteiger charge is -2.10. The molecule has 0 unspecified atom stereocenters. The summed E-state index contributed by atoms with van der Waals surface area (Å²) in [6.07, 6.45) is 3.98. The van der Waals surface area contributed by atoms with Crippen LogP contribution in [-0.4, -0.2) is 31.4 Å². The molecule has 0 saturated heterocycles. The highest BCUT2D eigenvalue weighted by Gasteiger charge is 2.17. The summed E-state index contributed by atoms with van der Waals surface area (Å²) in [6.45, 7) is 0. The minimum absolute atomic E-state index is 0.190. The Hall–Kier alpha value is -3.54. The maximum absolute atomic E-state index is 11.4. The van der Waals surface area contributed by atoms with Crippen molar-refractivity contribution in [2.45, 2.75) is 0 Å². The van der Waals surface area contributed by atoms with Gasteiger partial charge in [-0.15, -0.1) is 5.10 Å². The fourth-order valence-electron chi connectivity index (χ4n) is 2.78. The van der Waals surface area contributed by atoms with Gasteiger partial charge in [0.15, 0.2) is 12.0 Å². The number of aldehydes is 1. The summed E-state index contributed by atoms with van der Waals surface area (Å²) >= 11 is 0. The summed E-state index contributed by atoms with van der Waals surface area (Å²) in [5, 5.41) is 19.7. The van der Waals surface area contributed by atoms with Crippen LogP contribution in [0, 0.1) is 0 Å². The van der Waals surface area contributed by atoms with E-state index < -0.39 is 0 Å². The molecule has 0 radical (unpaired) electrons. The summed E-state index contributed by atoms with van der Waals surface area (Å²) in [5.41, 5.74) is 2.35. The van der Waals surface area contributed by atoms with Gasteiger partial charge < -0.3 is 5.11 Å². The first kappa shape index (κ1) is 14.1. The molecular formula is C18H12N4O2. The van der Waals surface area contributed by atoms with Crippen LogP contribution in [-0.2, 0) is 0 Å². The van der Waals surface area contributed by atoms with E-state index in [1.165, 1.54) is 0 Å². The van der Waals surface area contributed by atoms with Gasteiger partial charge in [0.25, 0.3) is 0 Å². The summed E-state index contributed by atoms with van der Waals surface area (Å²) in [7, 11) is 0. The second-order valence-corrected chi connectivity index (χ2v) is 5.24. The van der Waals surface area contributed by atoms with Gasteiger partial charge in [-0.2, -0.15) is 0 Å². The number of fused-ring (bicyclic) bond motifs is 1. The molecule has 0 saturated carbocycles. The fraction of sp³-hybridized carbons (Fsp3) is 0. The van der Waals surface area contributed by atoms with E-state index in [0.29, 0.717) is 17.4 Å². The number of rotatable bonds is 3. The summed E-state index contributed by atoms with van der Waals surface area (Å²) < 4.78 is 1.61. The lowest BCUT2D eigenvalue weighted by molar-refractivity contribution is 0.111. The van der Waals surface area contributed by atoms with Crippen molar-refractivity contribution in [2.75, 3.05) is 0 Å². The van der Waals surface area contributed by atoms with E-state index in [9.17, 15) is 9.90 Å². The zero-order valence-electron chi connectivity index (χ0n) is 12.5. The molecule has 2 aromatic carbocycles. The maximum atomic E-state index is 11.4. The first-order valence-corrected chi connectivity index (χ1v) is 7.32. The molecule has 24 heavy (non-hydrogen) atoms. The molecule has 4 aromatic rings. The molecule has 2 heterocycles. The molecule has 0 spiro atoms. The molecule has 4 rings (SSSR count). The van der Waals surface area contributed by atoms with Crippen LogP contribution in [0.15, 0.2) is 60.9 Å². The number of pyridine rings is 1. The molecule has 0 atom stereocenters. The summed E-state index contributed by atoms with van der Waals surface area (Å²) in [4.78, 5) is 15.4. The van der Waals surface area contributed by atoms with Crippen molar-refractivity contribution >= 4 is 17.1 Å². The number of aromatic hydroxyl groups is 1. The SMILES string of the molecule is O=Cc1nnn(-c2cccc3c(O)cccc23)c1-c1ccncc1. The molecule has 0 fully saturated rings. The van der Waals surface area contributed by atoms with Gasteiger partial charge in [-0.1, -0.05) is 29.5 Å². The Morgan fingerprint density at radius 2 is 1.71 bits per heavy atom. The minimum Gasteiger partial charge on any atom is -0.507 e. The van der Waals surface area contributed by atoms with Gasteiger partial charge in [0.1, 0.15) is 11.4 Å². The van der Waals surface area contributed by atoms with Gasteiger partial charge >= 0.3 is 0 Å². The lowest BCUT2D eigenvalue weighted by Crippen LogP contribution is -2.01. The number of benzene rings is 2. The standard InChI is InChI=1S/C18H12N4O2/c23-11-15-18(12-7-9-19-10-8-12)22(21-20-15)16-5-1-4-14-13(16)3-2-6-17(14)24/h1-11,24H. The number of nitrogens with zero attached hydrogens (tertiary/aromatic N) is 4. The van der Waals surface area contributed by atoms with Crippen molar-refractivity contribution in [1.29, 1.82) is 0 Å². The zero-order chi connectivity index (χ0) is 16.5. The monoisotopic (exact) mass is 316 g/mol. The van der Waals surface area contributed by atoms with E-state index in [1.807, 2.05) is 24.3 Å². The molecule has 0 aliphatic heterocycles.